The van der Waals surface area contributed by atoms with Gasteiger partial charge in [0.15, 0.2) is 0 Å². The number of H-pyrrole nitrogens is 1. The molecule has 5 nitrogen and oxygen atoms in total. The van der Waals surface area contributed by atoms with Crippen LogP contribution in [-0.2, 0) is 9.84 Å². The van der Waals surface area contributed by atoms with E-state index >= 15 is 0 Å². The van der Waals surface area contributed by atoms with Gasteiger partial charge in [-0.25, -0.2) is 17.2 Å². The van der Waals surface area contributed by atoms with E-state index < -0.39 is 33.4 Å². The maximum atomic E-state index is 14.6. The molecule has 0 aliphatic carbocycles. The number of hydrogen-bond donors (Lipinski definition) is 2. The van der Waals surface area contributed by atoms with E-state index in [0.29, 0.717) is 16.3 Å². The lowest BCUT2D eigenvalue weighted by Crippen LogP contribution is -2.33. The summed E-state index contributed by atoms with van der Waals surface area (Å²) in [7, 11) is -3.46. The minimum absolute atomic E-state index is 0.0219. The molecule has 0 saturated carbocycles. The van der Waals surface area contributed by atoms with Gasteiger partial charge in [0, 0.05) is 34.3 Å². The zero-order valence-electron chi connectivity index (χ0n) is 17.1. The van der Waals surface area contributed by atoms with Crippen molar-refractivity contribution in [2.75, 3.05) is 12.0 Å². The van der Waals surface area contributed by atoms with Gasteiger partial charge < -0.3 is 10.3 Å². The number of hydrogen-bond acceptors (Lipinski definition) is 3. The third-order valence-electron chi connectivity index (χ3n) is 4.95. The fourth-order valence-electron chi connectivity index (χ4n) is 3.47. The fourth-order valence-corrected chi connectivity index (χ4v) is 4.55. The second-order valence-electron chi connectivity index (χ2n) is 7.41. The predicted molar refractivity (Wildman–Crippen MR) is 117 cm³/mol. The number of sulfone groups is 1. The quantitative estimate of drug-likeness (QED) is 0.550. The Hall–Kier alpha value is -2.71. The molecule has 0 aliphatic rings. The number of carbonyl (C=O) groups excluding carboxylic acids is 1. The largest absolute Gasteiger partial charge is 0.364 e. The third kappa shape index (κ3) is 5.14. The van der Waals surface area contributed by atoms with Crippen LogP contribution in [0.15, 0.2) is 42.6 Å². The molecule has 31 heavy (non-hydrogen) atoms. The molecule has 0 radical (unpaired) electrons. The molecule has 0 fully saturated rings. The lowest BCUT2D eigenvalue weighted by atomic mass is 9.96. The third-order valence-corrected chi connectivity index (χ3v) is 6.12. The van der Waals surface area contributed by atoms with Crippen LogP contribution in [0.5, 0.6) is 0 Å². The number of aryl methyl sites for hydroxylation is 1. The second-order valence-corrected chi connectivity index (χ2v) is 10.0. The van der Waals surface area contributed by atoms with Crippen molar-refractivity contribution >= 4 is 27.3 Å². The Kier molecular flexibility index (Phi) is 6.52. The lowest BCUT2D eigenvalue weighted by Gasteiger charge is -2.19. The van der Waals surface area contributed by atoms with Crippen LogP contribution >= 0.6 is 11.6 Å². The summed E-state index contributed by atoms with van der Waals surface area (Å²) in [4.78, 5) is 16.0. The molecule has 3 rings (SSSR count). The van der Waals surface area contributed by atoms with Crippen molar-refractivity contribution in [3.8, 4) is 11.1 Å². The fraction of sp³-hybridized carbons (Fsp3) is 0.227. The van der Waals surface area contributed by atoms with E-state index in [1.807, 2.05) is 0 Å². The topological polar surface area (TPSA) is 79.0 Å². The Morgan fingerprint density at radius 3 is 2.45 bits per heavy atom. The van der Waals surface area contributed by atoms with E-state index in [4.69, 9.17) is 11.6 Å². The average Bonchev–Trinajstić information content (AvgIpc) is 3.05. The smallest absolute Gasteiger partial charge is 0.253 e. The summed E-state index contributed by atoms with van der Waals surface area (Å²) in [5, 5.41) is 3.09. The van der Waals surface area contributed by atoms with Crippen LogP contribution < -0.4 is 5.32 Å². The molecule has 0 saturated heterocycles. The summed E-state index contributed by atoms with van der Waals surface area (Å²) in [6.07, 6.45) is 2.45. The van der Waals surface area contributed by atoms with Crippen molar-refractivity contribution < 1.29 is 22.0 Å². The van der Waals surface area contributed by atoms with Gasteiger partial charge in [0.2, 0.25) is 0 Å². The van der Waals surface area contributed by atoms with E-state index in [0.717, 1.165) is 18.4 Å². The molecule has 0 unspecified atom stereocenters. The van der Waals surface area contributed by atoms with Gasteiger partial charge in [0.25, 0.3) is 5.91 Å². The first-order chi connectivity index (χ1) is 14.5. The molecule has 164 valence electrons. The van der Waals surface area contributed by atoms with Crippen LogP contribution in [-0.4, -0.2) is 31.3 Å². The summed E-state index contributed by atoms with van der Waals surface area (Å²) in [6.45, 7) is 3.07. The Labute approximate surface area is 184 Å². The minimum atomic E-state index is -3.46. The zero-order chi connectivity index (χ0) is 22.9. The standard InChI is InChI=1S/C22H21ClF2N2O3S/c1-12-17(24)7-8-18(25)20(12)21-13(2)26-10-16(21)22(28)27-19(11-31(3,29)30)14-5-4-6-15(23)9-14/h4-10,19,26H,11H2,1-3H3,(H,27,28)/t19-/m0/s1. The maximum Gasteiger partial charge on any atom is 0.253 e. The molecule has 1 amide bonds. The summed E-state index contributed by atoms with van der Waals surface area (Å²) < 4.78 is 52.6. The molecule has 0 aliphatic heterocycles. The summed E-state index contributed by atoms with van der Waals surface area (Å²) in [6, 6.07) is 7.65. The first-order valence-corrected chi connectivity index (χ1v) is 11.8. The molecule has 1 aromatic heterocycles. The molecule has 2 aromatic carbocycles. The van der Waals surface area contributed by atoms with Crippen molar-refractivity contribution in [2.24, 2.45) is 0 Å². The normalized spacial score (nSPS) is 12.6. The van der Waals surface area contributed by atoms with Gasteiger partial charge in [-0.1, -0.05) is 23.7 Å². The molecule has 0 bridgehead atoms. The van der Waals surface area contributed by atoms with Gasteiger partial charge in [-0.2, -0.15) is 0 Å². The Balaban J connectivity index is 2.05. The molecule has 0 spiro atoms. The van der Waals surface area contributed by atoms with Crippen LogP contribution in [0, 0.1) is 25.5 Å². The zero-order valence-corrected chi connectivity index (χ0v) is 18.7. The highest BCUT2D eigenvalue weighted by atomic mass is 35.5. The predicted octanol–water partition coefficient (Wildman–Crippen LogP) is 4.75. The highest BCUT2D eigenvalue weighted by Gasteiger charge is 2.26. The summed E-state index contributed by atoms with van der Waals surface area (Å²) in [5.74, 6) is -2.25. The Morgan fingerprint density at radius 2 is 1.81 bits per heavy atom. The van der Waals surface area contributed by atoms with Crippen molar-refractivity contribution in [3.05, 3.63) is 81.6 Å². The molecule has 1 atom stereocenters. The molecular formula is C22H21ClF2N2O3S. The second kappa shape index (κ2) is 8.80. The maximum absolute atomic E-state index is 14.6. The summed E-state index contributed by atoms with van der Waals surface area (Å²) >= 11 is 6.03. The number of benzene rings is 2. The van der Waals surface area contributed by atoms with Gasteiger partial charge >= 0.3 is 0 Å². The summed E-state index contributed by atoms with van der Waals surface area (Å²) in [5.41, 5.74) is 1.32. The van der Waals surface area contributed by atoms with Gasteiger partial charge in [-0.15, -0.1) is 0 Å². The van der Waals surface area contributed by atoms with Gasteiger partial charge in [0.1, 0.15) is 21.5 Å². The van der Waals surface area contributed by atoms with Crippen LogP contribution in [0.3, 0.4) is 0 Å². The lowest BCUT2D eigenvalue weighted by molar-refractivity contribution is 0.0941. The number of aromatic amines is 1. The van der Waals surface area contributed by atoms with Crippen LogP contribution in [0.4, 0.5) is 8.78 Å². The van der Waals surface area contributed by atoms with E-state index in [1.54, 1.807) is 31.2 Å². The molecule has 9 heteroatoms. The van der Waals surface area contributed by atoms with E-state index in [1.165, 1.54) is 13.1 Å². The Morgan fingerprint density at radius 1 is 1.13 bits per heavy atom. The number of halogens is 3. The number of nitrogens with one attached hydrogen (secondary N) is 2. The molecule has 1 heterocycles. The average molecular weight is 467 g/mol. The van der Waals surface area contributed by atoms with Crippen LogP contribution in [0.1, 0.15) is 33.2 Å². The molecular weight excluding hydrogens is 446 g/mol. The van der Waals surface area contributed by atoms with Crippen molar-refractivity contribution in [2.45, 2.75) is 19.9 Å². The van der Waals surface area contributed by atoms with E-state index in [-0.39, 0.29) is 28.0 Å². The molecule has 3 aromatic rings. The molecule has 2 N–H and O–H groups in total. The van der Waals surface area contributed by atoms with Crippen molar-refractivity contribution in [3.63, 3.8) is 0 Å². The minimum Gasteiger partial charge on any atom is -0.364 e. The number of aromatic nitrogens is 1. The number of carbonyl (C=O) groups is 1. The van der Waals surface area contributed by atoms with Crippen LogP contribution in [0.25, 0.3) is 11.1 Å². The SMILES string of the molecule is Cc1[nH]cc(C(=O)N[C@@H](CS(C)(=O)=O)c2cccc(Cl)c2)c1-c1c(F)ccc(F)c1C. The number of rotatable bonds is 6. The first-order valence-electron chi connectivity index (χ1n) is 9.35. The highest BCUT2D eigenvalue weighted by molar-refractivity contribution is 7.90. The monoisotopic (exact) mass is 466 g/mol. The van der Waals surface area contributed by atoms with E-state index in [2.05, 4.69) is 10.3 Å². The van der Waals surface area contributed by atoms with Gasteiger partial charge in [0.05, 0.1) is 17.4 Å². The highest BCUT2D eigenvalue weighted by Crippen LogP contribution is 2.34. The van der Waals surface area contributed by atoms with Gasteiger partial charge in [-0.3, -0.25) is 4.79 Å². The van der Waals surface area contributed by atoms with Crippen molar-refractivity contribution in [1.82, 2.24) is 10.3 Å². The number of amides is 1. The van der Waals surface area contributed by atoms with Gasteiger partial charge in [-0.05, 0) is 49.2 Å². The van der Waals surface area contributed by atoms with E-state index in [9.17, 15) is 22.0 Å². The van der Waals surface area contributed by atoms with Crippen molar-refractivity contribution in [1.29, 1.82) is 0 Å². The first kappa shape index (κ1) is 23.0. The Bertz CT molecular complexity index is 1260. The van der Waals surface area contributed by atoms with Crippen LogP contribution in [0.2, 0.25) is 5.02 Å².